The van der Waals surface area contributed by atoms with Crippen molar-refractivity contribution in [3.63, 3.8) is 0 Å². The number of nitro groups is 1. The summed E-state index contributed by atoms with van der Waals surface area (Å²) in [6, 6.07) is 11.7. The van der Waals surface area contributed by atoms with Gasteiger partial charge in [-0.25, -0.2) is 0 Å². The van der Waals surface area contributed by atoms with E-state index in [2.05, 4.69) is 0 Å². The van der Waals surface area contributed by atoms with Gasteiger partial charge in [-0.05, 0) is 43.2 Å². The number of amides is 1. The normalized spacial score (nSPS) is 10.1. The van der Waals surface area contributed by atoms with Gasteiger partial charge in [0.25, 0.3) is 11.6 Å². The van der Waals surface area contributed by atoms with Crippen LogP contribution in [0, 0.1) is 35.3 Å². The van der Waals surface area contributed by atoms with E-state index in [9.17, 15) is 14.9 Å². The van der Waals surface area contributed by atoms with Crippen LogP contribution >= 0.6 is 0 Å². The Hall–Kier alpha value is -3.60. The van der Waals surface area contributed by atoms with Crippen LogP contribution < -0.4 is 14.4 Å². The quantitative estimate of drug-likeness (QED) is 0.510. The molecule has 0 spiro atoms. The van der Waals surface area contributed by atoms with Crippen molar-refractivity contribution in [3.05, 3.63) is 57.6 Å². The lowest BCUT2D eigenvalue weighted by Gasteiger charge is -2.23. The molecule has 1 amide bonds. The predicted molar refractivity (Wildman–Crippen MR) is 104 cm³/mol. The molecule has 0 unspecified atom stereocenters. The Morgan fingerprint density at radius 1 is 1.18 bits per heavy atom. The molecule has 8 nitrogen and oxygen atoms in total. The van der Waals surface area contributed by atoms with Crippen molar-refractivity contribution in [1.82, 2.24) is 0 Å². The van der Waals surface area contributed by atoms with E-state index in [1.165, 1.54) is 30.2 Å². The van der Waals surface area contributed by atoms with Crippen LogP contribution in [0.3, 0.4) is 0 Å². The number of nitrogens with zero attached hydrogens (tertiary/aromatic N) is 3. The third-order valence-corrected chi connectivity index (χ3v) is 3.98. The first-order chi connectivity index (χ1) is 13.3. The van der Waals surface area contributed by atoms with Crippen molar-refractivity contribution in [1.29, 1.82) is 5.26 Å². The molecule has 2 aromatic carbocycles. The minimum absolute atomic E-state index is 0.138. The number of nitriles is 1. The van der Waals surface area contributed by atoms with Crippen molar-refractivity contribution in [3.8, 4) is 17.6 Å². The summed E-state index contributed by atoms with van der Waals surface area (Å²) in [6.07, 6.45) is 0.180. The molecule has 0 aliphatic carbocycles. The molecule has 0 saturated heterocycles. The third-order valence-electron chi connectivity index (χ3n) is 3.98. The molecule has 0 aliphatic heterocycles. The SMILES string of the molecule is COc1cc([N+](=O)[O-])ccc1OCC(=O)N(CCC#N)c1cc(C)cc(C)c1. The highest BCUT2D eigenvalue weighted by atomic mass is 16.6. The summed E-state index contributed by atoms with van der Waals surface area (Å²) in [6.45, 7) is 3.80. The minimum atomic E-state index is -0.541. The molecule has 0 bridgehead atoms. The highest BCUT2D eigenvalue weighted by molar-refractivity contribution is 5.94. The number of benzene rings is 2. The number of carbonyl (C=O) groups excluding carboxylic acids is 1. The standard InChI is InChI=1S/C20H21N3O5/c1-14-9-15(2)11-17(10-14)22(8-4-7-21)20(24)13-28-18-6-5-16(23(25)26)12-19(18)27-3/h5-6,9-12H,4,8,13H2,1-3H3. The third kappa shape index (κ3) is 5.20. The van der Waals surface area contributed by atoms with Crippen molar-refractivity contribution in [2.24, 2.45) is 0 Å². The summed E-state index contributed by atoms with van der Waals surface area (Å²) < 4.78 is 10.7. The number of carbonyl (C=O) groups is 1. The first-order valence-corrected chi connectivity index (χ1v) is 8.56. The smallest absolute Gasteiger partial charge is 0.273 e. The number of methoxy groups -OCH3 is 1. The van der Waals surface area contributed by atoms with Crippen molar-refractivity contribution < 1.29 is 19.2 Å². The van der Waals surface area contributed by atoms with Gasteiger partial charge in [-0.15, -0.1) is 0 Å². The fourth-order valence-corrected chi connectivity index (χ4v) is 2.77. The Morgan fingerprint density at radius 3 is 2.43 bits per heavy atom. The summed E-state index contributed by atoms with van der Waals surface area (Å²) in [5, 5.41) is 19.8. The lowest BCUT2D eigenvalue weighted by Crippen LogP contribution is -2.35. The van der Waals surface area contributed by atoms with Gasteiger partial charge in [0.15, 0.2) is 18.1 Å². The number of hydrogen-bond donors (Lipinski definition) is 0. The average Bonchev–Trinajstić information content (AvgIpc) is 2.65. The summed E-state index contributed by atoms with van der Waals surface area (Å²) in [5.74, 6) is 0.0553. The molecule has 0 aromatic heterocycles. The highest BCUT2D eigenvalue weighted by Crippen LogP contribution is 2.31. The molecule has 0 saturated carbocycles. The van der Waals surface area contributed by atoms with E-state index in [-0.39, 0.29) is 42.7 Å². The molecule has 146 valence electrons. The van der Waals surface area contributed by atoms with Crippen LogP contribution in [0.25, 0.3) is 0 Å². The maximum Gasteiger partial charge on any atom is 0.273 e. The van der Waals surface area contributed by atoms with Crippen LogP contribution in [0.2, 0.25) is 0 Å². The second kappa shape index (κ2) is 9.37. The van der Waals surface area contributed by atoms with E-state index in [1.807, 2.05) is 38.1 Å². The topological polar surface area (TPSA) is 106 Å². The molecule has 2 aromatic rings. The van der Waals surface area contributed by atoms with Gasteiger partial charge in [0.1, 0.15) is 0 Å². The monoisotopic (exact) mass is 383 g/mol. The van der Waals surface area contributed by atoms with Crippen LogP contribution in [0.15, 0.2) is 36.4 Å². The summed E-state index contributed by atoms with van der Waals surface area (Å²) >= 11 is 0. The number of non-ortho nitro benzene ring substituents is 1. The van der Waals surface area contributed by atoms with Gasteiger partial charge in [0.05, 0.1) is 30.6 Å². The number of aryl methyl sites for hydroxylation is 2. The van der Waals surface area contributed by atoms with E-state index < -0.39 is 4.92 Å². The number of anilines is 1. The molecule has 0 N–H and O–H groups in total. The maximum absolute atomic E-state index is 12.8. The molecule has 0 heterocycles. The maximum atomic E-state index is 12.8. The Morgan fingerprint density at radius 2 is 1.86 bits per heavy atom. The van der Waals surface area contributed by atoms with Gasteiger partial charge in [-0.2, -0.15) is 5.26 Å². The highest BCUT2D eigenvalue weighted by Gasteiger charge is 2.19. The molecule has 0 radical (unpaired) electrons. The largest absolute Gasteiger partial charge is 0.493 e. The molecule has 28 heavy (non-hydrogen) atoms. The van der Waals surface area contributed by atoms with Gasteiger partial charge in [-0.3, -0.25) is 14.9 Å². The lowest BCUT2D eigenvalue weighted by atomic mass is 10.1. The van der Waals surface area contributed by atoms with E-state index in [0.717, 1.165) is 11.1 Å². The van der Waals surface area contributed by atoms with Gasteiger partial charge >= 0.3 is 0 Å². The Balaban J connectivity index is 2.20. The fraction of sp³-hybridized carbons (Fsp3) is 0.300. The zero-order valence-corrected chi connectivity index (χ0v) is 16.0. The number of hydrogen-bond acceptors (Lipinski definition) is 6. The molecule has 2 rings (SSSR count). The van der Waals surface area contributed by atoms with Crippen LogP contribution in [0.5, 0.6) is 11.5 Å². The van der Waals surface area contributed by atoms with E-state index >= 15 is 0 Å². The second-order valence-corrected chi connectivity index (χ2v) is 6.18. The van der Waals surface area contributed by atoms with Gasteiger partial charge in [-0.1, -0.05) is 6.07 Å². The van der Waals surface area contributed by atoms with Crippen molar-refractivity contribution in [2.45, 2.75) is 20.3 Å². The molecule has 0 atom stereocenters. The number of rotatable bonds is 8. The molecule has 8 heteroatoms. The fourth-order valence-electron chi connectivity index (χ4n) is 2.77. The molecule has 0 aliphatic rings. The first kappa shape index (κ1) is 20.7. The summed E-state index contributed by atoms with van der Waals surface area (Å²) in [7, 11) is 1.36. The van der Waals surface area contributed by atoms with E-state index in [0.29, 0.717) is 5.69 Å². The van der Waals surface area contributed by atoms with Gasteiger partial charge in [0.2, 0.25) is 0 Å². The van der Waals surface area contributed by atoms with E-state index in [4.69, 9.17) is 14.7 Å². The Kier molecular flexibility index (Phi) is 6.93. The Labute approximate surface area is 163 Å². The average molecular weight is 383 g/mol. The van der Waals surface area contributed by atoms with Crippen LogP contribution in [-0.4, -0.2) is 31.1 Å². The summed E-state index contributed by atoms with van der Waals surface area (Å²) in [4.78, 5) is 24.6. The first-order valence-electron chi connectivity index (χ1n) is 8.56. The molecular formula is C20H21N3O5. The lowest BCUT2D eigenvalue weighted by molar-refractivity contribution is -0.384. The van der Waals surface area contributed by atoms with Crippen LogP contribution in [-0.2, 0) is 4.79 Å². The van der Waals surface area contributed by atoms with Crippen LogP contribution in [0.1, 0.15) is 17.5 Å². The number of nitro benzene ring substituents is 1. The molecule has 0 fully saturated rings. The minimum Gasteiger partial charge on any atom is -0.493 e. The van der Waals surface area contributed by atoms with Crippen LogP contribution in [0.4, 0.5) is 11.4 Å². The predicted octanol–water partition coefficient (Wildman–Crippen LogP) is 3.55. The second-order valence-electron chi connectivity index (χ2n) is 6.18. The summed E-state index contributed by atoms with van der Waals surface area (Å²) in [5.41, 5.74) is 2.56. The van der Waals surface area contributed by atoms with Crippen molar-refractivity contribution in [2.75, 3.05) is 25.2 Å². The van der Waals surface area contributed by atoms with E-state index in [1.54, 1.807) is 0 Å². The van der Waals surface area contributed by atoms with Gasteiger partial charge < -0.3 is 14.4 Å². The Bertz CT molecular complexity index is 900. The molecular weight excluding hydrogens is 362 g/mol. The van der Waals surface area contributed by atoms with Gasteiger partial charge in [0, 0.05) is 18.3 Å². The zero-order valence-electron chi connectivity index (χ0n) is 16.0. The number of ether oxygens (including phenoxy) is 2. The van der Waals surface area contributed by atoms with Crippen molar-refractivity contribution >= 4 is 17.3 Å². The zero-order chi connectivity index (χ0) is 20.7.